The van der Waals surface area contributed by atoms with E-state index in [-0.39, 0.29) is 11.3 Å². The van der Waals surface area contributed by atoms with Gasteiger partial charge in [-0.05, 0) is 31.7 Å². The summed E-state index contributed by atoms with van der Waals surface area (Å²) in [5.41, 5.74) is 6.93. The Balaban J connectivity index is 2.04. The van der Waals surface area contributed by atoms with Crippen molar-refractivity contribution < 1.29 is 4.79 Å². The van der Waals surface area contributed by atoms with Crippen LogP contribution >= 0.6 is 0 Å². The van der Waals surface area contributed by atoms with E-state index in [1.165, 1.54) is 5.56 Å². The van der Waals surface area contributed by atoms with Crippen LogP contribution in [0.3, 0.4) is 0 Å². The highest BCUT2D eigenvalue weighted by Crippen LogP contribution is 2.29. The van der Waals surface area contributed by atoms with E-state index in [1.807, 2.05) is 0 Å². The molecule has 0 spiro atoms. The quantitative estimate of drug-likeness (QED) is 0.872. The lowest BCUT2D eigenvalue weighted by atomic mass is 9.81. The zero-order chi connectivity index (χ0) is 17.6. The van der Waals surface area contributed by atoms with Crippen molar-refractivity contribution in [1.82, 2.24) is 9.80 Å². The van der Waals surface area contributed by atoms with Gasteiger partial charge in [-0.2, -0.15) is 0 Å². The van der Waals surface area contributed by atoms with Gasteiger partial charge in [0.05, 0.1) is 5.41 Å². The molecule has 134 valence electrons. The standard InChI is InChI=1S/C20H33N3O/c1-4-20(5-2,16-21)19(24)22-12-11-17(3)23(14-13-22)15-18-9-7-6-8-10-18/h6-10,17H,4-5,11-16,21H2,1-3H3. The molecule has 4 heteroatoms. The van der Waals surface area contributed by atoms with Crippen molar-refractivity contribution in [3.8, 4) is 0 Å². The number of benzene rings is 1. The van der Waals surface area contributed by atoms with Crippen LogP contribution in [0.1, 0.15) is 45.6 Å². The molecule has 1 aromatic carbocycles. The Morgan fingerprint density at radius 2 is 1.83 bits per heavy atom. The monoisotopic (exact) mass is 331 g/mol. The number of carbonyl (C=O) groups is 1. The van der Waals surface area contributed by atoms with Gasteiger partial charge in [0.2, 0.25) is 5.91 Å². The summed E-state index contributed by atoms with van der Waals surface area (Å²) in [5, 5.41) is 0. The SMILES string of the molecule is CCC(CC)(CN)C(=O)N1CCC(C)N(Cc2ccccc2)CC1. The van der Waals surface area contributed by atoms with E-state index >= 15 is 0 Å². The van der Waals surface area contributed by atoms with Crippen molar-refractivity contribution in [2.75, 3.05) is 26.2 Å². The first kappa shape index (κ1) is 18.9. The zero-order valence-electron chi connectivity index (χ0n) is 15.5. The van der Waals surface area contributed by atoms with Crippen LogP contribution in [0.25, 0.3) is 0 Å². The third-order valence-corrected chi connectivity index (χ3v) is 5.81. The topological polar surface area (TPSA) is 49.6 Å². The van der Waals surface area contributed by atoms with Crippen LogP contribution in [0.4, 0.5) is 0 Å². The van der Waals surface area contributed by atoms with Crippen molar-refractivity contribution >= 4 is 5.91 Å². The second-order valence-corrected chi connectivity index (χ2v) is 7.08. The van der Waals surface area contributed by atoms with Crippen molar-refractivity contribution in [2.45, 2.75) is 52.6 Å². The molecule has 0 radical (unpaired) electrons. The summed E-state index contributed by atoms with van der Waals surface area (Å²) in [6.45, 7) is 10.4. The molecule has 1 fully saturated rings. The summed E-state index contributed by atoms with van der Waals surface area (Å²) in [6, 6.07) is 11.1. The Bertz CT molecular complexity index is 505. The minimum atomic E-state index is -0.377. The van der Waals surface area contributed by atoms with Gasteiger partial charge in [0.15, 0.2) is 0 Å². The van der Waals surface area contributed by atoms with Gasteiger partial charge in [-0.25, -0.2) is 0 Å². The van der Waals surface area contributed by atoms with E-state index < -0.39 is 0 Å². The number of hydrogen-bond donors (Lipinski definition) is 1. The van der Waals surface area contributed by atoms with Crippen LogP contribution in [0.15, 0.2) is 30.3 Å². The summed E-state index contributed by atoms with van der Waals surface area (Å²) in [4.78, 5) is 17.6. The number of nitrogens with two attached hydrogens (primary N) is 1. The van der Waals surface area contributed by atoms with E-state index in [0.717, 1.165) is 45.4 Å². The Kier molecular flexibility index (Phi) is 6.81. The molecule has 1 aromatic rings. The lowest BCUT2D eigenvalue weighted by Gasteiger charge is -2.34. The molecule has 0 aromatic heterocycles. The molecular weight excluding hydrogens is 298 g/mol. The van der Waals surface area contributed by atoms with Crippen molar-refractivity contribution in [3.63, 3.8) is 0 Å². The van der Waals surface area contributed by atoms with Crippen molar-refractivity contribution in [3.05, 3.63) is 35.9 Å². The van der Waals surface area contributed by atoms with Crippen LogP contribution in [0.2, 0.25) is 0 Å². The largest absolute Gasteiger partial charge is 0.341 e. The van der Waals surface area contributed by atoms with Crippen molar-refractivity contribution in [2.24, 2.45) is 11.1 Å². The maximum absolute atomic E-state index is 13.1. The van der Waals surface area contributed by atoms with E-state index in [2.05, 4.69) is 60.9 Å². The molecule has 1 saturated heterocycles. The van der Waals surface area contributed by atoms with E-state index in [1.54, 1.807) is 0 Å². The molecular formula is C20H33N3O. The fourth-order valence-corrected chi connectivity index (χ4v) is 3.63. The Labute approximate surface area is 147 Å². The Morgan fingerprint density at radius 1 is 1.17 bits per heavy atom. The molecule has 2 N–H and O–H groups in total. The smallest absolute Gasteiger partial charge is 0.230 e. The molecule has 0 bridgehead atoms. The second-order valence-electron chi connectivity index (χ2n) is 7.08. The first-order valence-corrected chi connectivity index (χ1v) is 9.33. The Morgan fingerprint density at radius 3 is 2.42 bits per heavy atom. The molecule has 1 unspecified atom stereocenters. The minimum absolute atomic E-state index is 0.253. The molecule has 0 saturated carbocycles. The molecule has 1 aliphatic heterocycles. The molecule has 24 heavy (non-hydrogen) atoms. The highest BCUT2D eigenvalue weighted by molar-refractivity contribution is 5.83. The maximum Gasteiger partial charge on any atom is 0.230 e. The van der Waals surface area contributed by atoms with E-state index in [9.17, 15) is 4.79 Å². The van der Waals surface area contributed by atoms with Crippen LogP contribution in [-0.2, 0) is 11.3 Å². The summed E-state index contributed by atoms with van der Waals surface area (Å²) in [5.74, 6) is 0.253. The molecule has 1 aliphatic rings. The van der Waals surface area contributed by atoms with Gasteiger partial charge < -0.3 is 10.6 Å². The lowest BCUT2D eigenvalue weighted by molar-refractivity contribution is -0.142. The normalized spacial score (nSPS) is 20.0. The third-order valence-electron chi connectivity index (χ3n) is 5.81. The van der Waals surface area contributed by atoms with Crippen LogP contribution in [-0.4, -0.2) is 47.9 Å². The first-order valence-electron chi connectivity index (χ1n) is 9.33. The van der Waals surface area contributed by atoms with Crippen molar-refractivity contribution in [1.29, 1.82) is 0 Å². The summed E-state index contributed by atoms with van der Waals surface area (Å²) >= 11 is 0. The molecule has 0 aliphatic carbocycles. The van der Waals surface area contributed by atoms with Gasteiger partial charge in [0.1, 0.15) is 0 Å². The molecule has 1 atom stereocenters. The van der Waals surface area contributed by atoms with E-state index in [4.69, 9.17) is 5.73 Å². The summed E-state index contributed by atoms with van der Waals surface area (Å²) in [6.07, 6.45) is 2.66. The fraction of sp³-hybridized carbons (Fsp3) is 0.650. The predicted molar refractivity (Wildman–Crippen MR) is 99.6 cm³/mol. The van der Waals surface area contributed by atoms with Gasteiger partial charge in [0.25, 0.3) is 0 Å². The van der Waals surface area contributed by atoms with E-state index in [0.29, 0.717) is 12.6 Å². The number of hydrogen-bond acceptors (Lipinski definition) is 3. The van der Waals surface area contributed by atoms with Gasteiger partial charge in [-0.3, -0.25) is 9.69 Å². The number of nitrogens with zero attached hydrogens (tertiary/aromatic N) is 2. The zero-order valence-corrected chi connectivity index (χ0v) is 15.5. The molecule has 2 rings (SSSR count). The first-order chi connectivity index (χ1) is 11.6. The number of amides is 1. The van der Waals surface area contributed by atoms with Crippen LogP contribution < -0.4 is 5.73 Å². The minimum Gasteiger partial charge on any atom is -0.341 e. The lowest BCUT2D eigenvalue weighted by Crippen LogP contribution is -2.48. The Hall–Kier alpha value is -1.39. The summed E-state index contributed by atoms with van der Waals surface area (Å²) < 4.78 is 0. The van der Waals surface area contributed by atoms with Crippen LogP contribution in [0, 0.1) is 5.41 Å². The molecule has 1 heterocycles. The molecule has 1 amide bonds. The third kappa shape index (κ3) is 4.17. The van der Waals surface area contributed by atoms with Crippen LogP contribution in [0.5, 0.6) is 0 Å². The van der Waals surface area contributed by atoms with Gasteiger partial charge in [-0.15, -0.1) is 0 Å². The fourth-order valence-electron chi connectivity index (χ4n) is 3.63. The average molecular weight is 332 g/mol. The van der Waals surface area contributed by atoms with Gasteiger partial charge in [-0.1, -0.05) is 44.2 Å². The average Bonchev–Trinajstić information content (AvgIpc) is 2.80. The highest BCUT2D eigenvalue weighted by atomic mass is 16.2. The number of carbonyl (C=O) groups excluding carboxylic acids is 1. The maximum atomic E-state index is 13.1. The summed E-state index contributed by atoms with van der Waals surface area (Å²) in [7, 11) is 0. The second kappa shape index (κ2) is 8.63. The molecule has 4 nitrogen and oxygen atoms in total. The highest BCUT2D eigenvalue weighted by Gasteiger charge is 2.37. The van der Waals surface area contributed by atoms with Gasteiger partial charge in [0, 0.05) is 38.8 Å². The van der Waals surface area contributed by atoms with Gasteiger partial charge >= 0.3 is 0 Å². The predicted octanol–water partition coefficient (Wildman–Crippen LogP) is 2.87. The number of rotatable bonds is 6.